The Hall–Kier alpha value is -2.83. The van der Waals surface area contributed by atoms with Crippen LogP contribution in [0.3, 0.4) is 0 Å². The molecule has 1 aliphatic rings. The molecule has 3 aromatic rings. The molecule has 1 aliphatic heterocycles. The van der Waals surface area contributed by atoms with E-state index in [0.717, 1.165) is 5.56 Å². The molecular formula is C22H16ClFN2O2S. The van der Waals surface area contributed by atoms with Crippen LogP contribution in [0.4, 0.5) is 15.8 Å². The lowest BCUT2D eigenvalue weighted by Gasteiger charge is -2.24. The predicted octanol–water partition coefficient (Wildman–Crippen LogP) is 5.51. The number of amides is 2. The summed E-state index contributed by atoms with van der Waals surface area (Å²) in [5.41, 5.74) is 2.32. The topological polar surface area (TPSA) is 49.4 Å². The summed E-state index contributed by atoms with van der Waals surface area (Å²) < 4.78 is 13.7. The molecule has 0 bridgehead atoms. The van der Waals surface area contributed by atoms with Gasteiger partial charge in [-0.05, 0) is 48.0 Å². The average molecular weight is 427 g/mol. The minimum absolute atomic E-state index is 0.0869. The lowest BCUT2D eigenvalue weighted by Crippen LogP contribution is -2.27. The Balaban J connectivity index is 1.60. The Morgan fingerprint density at radius 2 is 1.86 bits per heavy atom. The number of hydrogen-bond acceptors (Lipinski definition) is 3. The summed E-state index contributed by atoms with van der Waals surface area (Å²) in [6.45, 7) is 0. The second-order valence-corrected chi connectivity index (χ2v) is 7.94. The first kappa shape index (κ1) is 19.5. The highest BCUT2D eigenvalue weighted by Crippen LogP contribution is 2.42. The Labute approximate surface area is 176 Å². The SMILES string of the molecule is O=C(Nc1cccc(C2SCC(=O)N2c2cccc(F)c2)c1)c1ccccc1Cl. The number of nitrogens with one attached hydrogen (secondary N) is 1. The molecule has 29 heavy (non-hydrogen) atoms. The van der Waals surface area contributed by atoms with Crippen molar-refractivity contribution in [1.82, 2.24) is 0 Å². The molecule has 1 unspecified atom stereocenters. The molecular weight excluding hydrogens is 411 g/mol. The Morgan fingerprint density at radius 1 is 1.07 bits per heavy atom. The maximum atomic E-state index is 13.7. The van der Waals surface area contributed by atoms with Crippen molar-refractivity contribution >= 4 is 46.6 Å². The number of nitrogens with zero attached hydrogens (tertiary/aromatic N) is 1. The molecule has 0 aromatic heterocycles. The summed E-state index contributed by atoms with van der Waals surface area (Å²) >= 11 is 7.56. The molecule has 2 amide bonds. The van der Waals surface area contributed by atoms with Gasteiger partial charge < -0.3 is 5.32 Å². The van der Waals surface area contributed by atoms with E-state index in [2.05, 4.69) is 5.32 Å². The zero-order valence-corrected chi connectivity index (χ0v) is 16.7. The van der Waals surface area contributed by atoms with Crippen LogP contribution < -0.4 is 10.2 Å². The molecule has 146 valence electrons. The van der Waals surface area contributed by atoms with E-state index in [1.807, 2.05) is 18.2 Å². The van der Waals surface area contributed by atoms with Crippen molar-refractivity contribution in [3.63, 3.8) is 0 Å². The zero-order valence-electron chi connectivity index (χ0n) is 15.1. The smallest absolute Gasteiger partial charge is 0.257 e. The van der Waals surface area contributed by atoms with Gasteiger partial charge in [-0.25, -0.2) is 4.39 Å². The van der Waals surface area contributed by atoms with Gasteiger partial charge in [-0.2, -0.15) is 0 Å². The van der Waals surface area contributed by atoms with Crippen LogP contribution in [-0.2, 0) is 4.79 Å². The number of thioether (sulfide) groups is 1. The largest absolute Gasteiger partial charge is 0.322 e. The fourth-order valence-electron chi connectivity index (χ4n) is 3.19. The van der Waals surface area contributed by atoms with Crippen LogP contribution in [0.25, 0.3) is 0 Å². The van der Waals surface area contributed by atoms with Gasteiger partial charge in [-0.15, -0.1) is 11.8 Å². The van der Waals surface area contributed by atoms with Gasteiger partial charge >= 0.3 is 0 Å². The zero-order chi connectivity index (χ0) is 20.4. The Bertz CT molecular complexity index is 1090. The van der Waals surface area contributed by atoms with Crippen molar-refractivity contribution < 1.29 is 14.0 Å². The first-order chi connectivity index (χ1) is 14.0. The number of hydrogen-bond donors (Lipinski definition) is 1. The summed E-state index contributed by atoms with van der Waals surface area (Å²) in [5.74, 6) is -0.495. The van der Waals surface area contributed by atoms with Crippen LogP contribution >= 0.6 is 23.4 Å². The van der Waals surface area contributed by atoms with Gasteiger partial charge in [-0.1, -0.05) is 41.9 Å². The molecule has 1 atom stereocenters. The van der Waals surface area contributed by atoms with Crippen LogP contribution in [-0.4, -0.2) is 17.6 Å². The first-order valence-corrected chi connectivity index (χ1v) is 10.3. The van der Waals surface area contributed by atoms with Gasteiger partial charge in [0.1, 0.15) is 11.2 Å². The molecule has 4 nitrogen and oxygen atoms in total. The summed E-state index contributed by atoms with van der Waals surface area (Å²) in [6.07, 6.45) is 0. The highest BCUT2D eigenvalue weighted by atomic mass is 35.5. The molecule has 0 aliphatic carbocycles. The quantitative estimate of drug-likeness (QED) is 0.598. The van der Waals surface area contributed by atoms with Crippen LogP contribution in [0.1, 0.15) is 21.3 Å². The summed E-state index contributed by atoms with van der Waals surface area (Å²) in [7, 11) is 0. The highest BCUT2D eigenvalue weighted by molar-refractivity contribution is 8.00. The van der Waals surface area contributed by atoms with Crippen molar-refractivity contribution in [3.05, 3.63) is 94.8 Å². The van der Waals surface area contributed by atoms with Crippen LogP contribution in [0, 0.1) is 5.82 Å². The fraction of sp³-hybridized carbons (Fsp3) is 0.0909. The maximum absolute atomic E-state index is 13.7. The maximum Gasteiger partial charge on any atom is 0.257 e. The highest BCUT2D eigenvalue weighted by Gasteiger charge is 2.34. The van der Waals surface area contributed by atoms with Gasteiger partial charge in [0.05, 0.1) is 16.3 Å². The molecule has 1 fully saturated rings. The summed E-state index contributed by atoms with van der Waals surface area (Å²) in [6, 6.07) is 20.1. The summed E-state index contributed by atoms with van der Waals surface area (Å²) in [4.78, 5) is 26.6. The van der Waals surface area contributed by atoms with Crippen molar-refractivity contribution in [2.24, 2.45) is 0 Å². The first-order valence-electron chi connectivity index (χ1n) is 8.88. The van der Waals surface area contributed by atoms with Gasteiger partial charge in [-0.3, -0.25) is 14.5 Å². The minimum Gasteiger partial charge on any atom is -0.322 e. The normalized spacial score (nSPS) is 16.1. The molecule has 3 aromatic carbocycles. The van der Waals surface area contributed by atoms with Gasteiger partial charge in [0.15, 0.2) is 0 Å². The van der Waals surface area contributed by atoms with Crippen LogP contribution in [0.15, 0.2) is 72.8 Å². The number of benzene rings is 3. The van der Waals surface area contributed by atoms with E-state index in [1.165, 1.54) is 23.9 Å². The van der Waals surface area contributed by atoms with E-state index in [-0.39, 0.29) is 17.2 Å². The molecule has 4 rings (SSSR count). The van der Waals surface area contributed by atoms with E-state index in [1.54, 1.807) is 47.4 Å². The van der Waals surface area contributed by atoms with Crippen molar-refractivity contribution in [3.8, 4) is 0 Å². The molecule has 0 saturated carbocycles. The number of anilines is 2. The Morgan fingerprint density at radius 3 is 2.66 bits per heavy atom. The number of rotatable bonds is 4. The second-order valence-electron chi connectivity index (χ2n) is 6.47. The standard InChI is InChI=1S/C22H16ClFN2O2S/c23-19-10-2-1-9-18(19)21(28)25-16-7-3-5-14(11-16)22-26(20(27)13-29-22)17-8-4-6-15(24)12-17/h1-12,22H,13H2,(H,25,28). The third-order valence-electron chi connectivity index (χ3n) is 4.50. The van der Waals surface area contributed by atoms with E-state index in [0.29, 0.717) is 27.7 Å². The van der Waals surface area contributed by atoms with Crippen LogP contribution in [0.5, 0.6) is 0 Å². The Kier molecular flexibility index (Phi) is 5.56. The molecule has 7 heteroatoms. The molecule has 0 spiro atoms. The van der Waals surface area contributed by atoms with Crippen molar-refractivity contribution in [2.45, 2.75) is 5.37 Å². The van der Waals surface area contributed by atoms with E-state index < -0.39 is 5.82 Å². The van der Waals surface area contributed by atoms with Crippen LogP contribution in [0.2, 0.25) is 5.02 Å². The number of carbonyl (C=O) groups excluding carboxylic acids is 2. The third-order valence-corrected chi connectivity index (χ3v) is 6.04. The van der Waals surface area contributed by atoms with E-state index in [9.17, 15) is 14.0 Å². The van der Waals surface area contributed by atoms with Gasteiger partial charge in [0.2, 0.25) is 5.91 Å². The third kappa shape index (κ3) is 4.13. The number of carbonyl (C=O) groups is 2. The van der Waals surface area contributed by atoms with E-state index >= 15 is 0 Å². The predicted molar refractivity (Wildman–Crippen MR) is 115 cm³/mol. The average Bonchev–Trinajstić information content (AvgIpc) is 3.10. The van der Waals surface area contributed by atoms with Crippen molar-refractivity contribution in [1.29, 1.82) is 0 Å². The minimum atomic E-state index is -0.397. The lowest BCUT2D eigenvalue weighted by atomic mass is 10.1. The van der Waals surface area contributed by atoms with Gasteiger partial charge in [0, 0.05) is 11.4 Å². The van der Waals surface area contributed by atoms with Gasteiger partial charge in [0.25, 0.3) is 5.91 Å². The second kappa shape index (κ2) is 8.27. The monoisotopic (exact) mass is 426 g/mol. The molecule has 1 heterocycles. The van der Waals surface area contributed by atoms with Crippen molar-refractivity contribution in [2.75, 3.05) is 16.0 Å². The molecule has 1 saturated heterocycles. The lowest BCUT2D eigenvalue weighted by molar-refractivity contribution is -0.115. The molecule has 0 radical (unpaired) electrons. The molecule has 1 N–H and O–H groups in total. The van der Waals surface area contributed by atoms with E-state index in [4.69, 9.17) is 11.6 Å². The fourth-order valence-corrected chi connectivity index (χ4v) is 4.58. The number of halogens is 2. The summed E-state index contributed by atoms with van der Waals surface area (Å²) in [5, 5.41) is 2.91.